The molecule has 0 saturated carbocycles. The van der Waals surface area contributed by atoms with Gasteiger partial charge in [0.25, 0.3) is 5.91 Å². The molecule has 0 fully saturated rings. The maximum absolute atomic E-state index is 12.6. The first kappa shape index (κ1) is 14.6. The Labute approximate surface area is 140 Å². The lowest BCUT2D eigenvalue weighted by Crippen LogP contribution is -2.13. The first-order chi connectivity index (χ1) is 11.6. The van der Waals surface area contributed by atoms with Gasteiger partial charge >= 0.3 is 0 Å². The molecule has 0 aliphatic heterocycles. The van der Waals surface area contributed by atoms with E-state index in [0.717, 1.165) is 10.6 Å². The van der Waals surface area contributed by atoms with Gasteiger partial charge in [-0.2, -0.15) is 5.10 Å². The molecule has 0 aliphatic carbocycles. The van der Waals surface area contributed by atoms with Crippen LogP contribution in [0.25, 0.3) is 16.2 Å². The Kier molecular flexibility index (Phi) is 3.39. The third-order valence-corrected chi connectivity index (χ3v) is 4.58. The summed E-state index contributed by atoms with van der Waals surface area (Å²) in [5, 5.41) is 13.0. The lowest BCUT2D eigenvalue weighted by molar-refractivity contribution is 0.102. The zero-order chi connectivity index (χ0) is 16.7. The number of aromatic nitrogens is 4. The molecule has 7 nitrogen and oxygen atoms in total. The summed E-state index contributed by atoms with van der Waals surface area (Å²) < 4.78 is 6.74. The standard InChI is InChI=1S/C16H13N5O2S/c1-9-14(10(2)23-20-9)19-16(22)11-8-18-21-12(5-6-17-15(11)21)13-4-3-7-24-13/h3-8H,1-2H3,(H,19,22). The molecule has 0 radical (unpaired) electrons. The SMILES string of the molecule is Cc1noc(C)c1NC(=O)c1cnn2c(-c3cccs3)ccnc12. The molecule has 24 heavy (non-hydrogen) atoms. The Balaban J connectivity index is 1.76. The number of nitrogens with zero attached hydrogens (tertiary/aromatic N) is 4. The molecule has 1 N–H and O–H groups in total. The zero-order valence-corrected chi connectivity index (χ0v) is 13.8. The number of thiophene rings is 1. The number of rotatable bonds is 3. The van der Waals surface area contributed by atoms with E-state index in [9.17, 15) is 4.79 Å². The van der Waals surface area contributed by atoms with Crippen LogP contribution in [0.4, 0.5) is 5.69 Å². The van der Waals surface area contributed by atoms with Crippen LogP contribution in [0.1, 0.15) is 21.8 Å². The maximum Gasteiger partial charge on any atom is 0.261 e. The number of anilines is 1. The monoisotopic (exact) mass is 339 g/mol. The lowest BCUT2D eigenvalue weighted by Gasteiger charge is -2.04. The Bertz CT molecular complexity index is 1010. The van der Waals surface area contributed by atoms with E-state index in [0.29, 0.717) is 28.4 Å². The van der Waals surface area contributed by atoms with Gasteiger partial charge in [-0.3, -0.25) is 4.79 Å². The molecule has 4 aromatic rings. The summed E-state index contributed by atoms with van der Waals surface area (Å²) in [6.45, 7) is 3.52. The molecule has 0 unspecified atom stereocenters. The van der Waals surface area contributed by atoms with E-state index >= 15 is 0 Å². The van der Waals surface area contributed by atoms with Crippen molar-refractivity contribution >= 4 is 28.6 Å². The van der Waals surface area contributed by atoms with Gasteiger partial charge < -0.3 is 9.84 Å². The van der Waals surface area contributed by atoms with Gasteiger partial charge in [-0.15, -0.1) is 11.3 Å². The Morgan fingerprint density at radius 1 is 1.33 bits per heavy atom. The quantitative estimate of drug-likeness (QED) is 0.619. The number of carbonyl (C=O) groups excluding carboxylic acids is 1. The van der Waals surface area contributed by atoms with Gasteiger partial charge in [0.1, 0.15) is 16.9 Å². The number of carbonyl (C=O) groups is 1. The van der Waals surface area contributed by atoms with Gasteiger partial charge in [-0.05, 0) is 31.4 Å². The number of fused-ring (bicyclic) bond motifs is 1. The van der Waals surface area contributed by atoms with Crippen molar-refractivity contribution in [2.75, 3.05) is 5.32 Å². The summed E-state index contributed by atoms with van der Waals surface area (Å²) in [6.07, 6.45) is 3.20. The summed E-state index contributed by atoms with van der Waals surface area (Å²) in [5.74, 6) is 0.264. The summed E-state index contributed by atoms with van der Waals surface area (Å²) in [5.41, 5.74) is 3.00. The van der Waals surface area contributed by atoms with Gasteiger partial charge in [0.15, 0.2) is 11.4 Å². The minimum absolute atomic E-state index is 0.296. The van der Waals surface area contributed by atoms with E-state index in [1.807, 2.05) is 23.6 Å². The van der Waals surface area contributed by atoms with Crippen molar-refractivity contribution in [1.82, 2.24) is 19.8 Å². The van der Waals surface area contributed by atoms with Crippen molar-refractivity contribution in [2.45, 2.75) is 13.8 Å². The average Bonchev–Trinajstić information content (AvgIpc) is 3.30. The fourth-order valence-electron chi connectivity index (χ4n) is 2.50. The molecule has 4 heterocycles. The maximum atomic E-state index is 12.6. The van der Waals surface area contributed by atoms with Crippen LogP contribution < -0.4 is 5.32 Å². The Morgan fingerprint density at radius 2 is 2.21 bits per heavy atom. The van der Waals surface area contributed by atoms with Crippen molar-refractivity contribution in [3.05, 3.63) is 53.0 Å². The van der Waals surface area contributed by atoms with E-state index in [1.54, 1.807) is 35.9 Å². The van der Waals surface area contributed by atoms with Crippen LogP contribution in [0.15, 0.2) is 40.5 Å². The number of hydrogen-bond acceptors (Lipinski definition) is 6. The molecule has 4 rings (SSSR count). The predicted molar refractivity (Wildman–Crippen MR) is 90.2 cm³/mol. The number of nitrogens with one attached hydrogen (secondary N) is 1. The van der Waals surface area contributed by atoms with Gasteiger partial charge in [-0.25, -0.2) is 9.50 Å². The van der Waals surface area contributed by atoms with Crippen LogP contribution in [-0.2, 0) is 0 Å². The van der Waals surface area contributed by atoms with Crippen molar-refractivity contribution in [2.24, 2.45) is 0 Å². The third kappa shape index (κ3) is 2.28. The van der Waals surface area contributed by atoms with E-state index in [2.05, 4.69) is 20.6 Å². The Hall–Kier alpha value is -3.00. The molecule has 0 aliphatic rings. The highest BCUT2D eigenvalue weighted by Crippen LogP contribution is 2.26. The molecule has 1 amide bonds. The topological polar surface area (TPSA) is 85.3 Å². The number of hydrogen-bond donors (Lipinski definition) is 1. The average molecular weight is 339 g/mol. The molecule has 0 atom stereocenters. The van der Waals surface area contributed by atoms with Crippen LogP contribution in [0, 0.1) is 13.8 Å². The number of amides is 1. The van der Waals surface area contributed by atoms with Crippen molar-refractivity contribution in [3.63, 3.8) is 0 Å². The fourth-order valence-corrected chi connectivity index (χ4v) is 3.24. The summed E-state index contributed by atoms with van der Waals surface area (Å²) in [7, 11) is 0. The molecular weight excluding hydrogens is 326 g/mol. The molecule has 4 aromatic heterocycles. The normalized spacial score (nSPS) is 11.1. The van der Waals surface area contributed by atoms with Crippen LogP contribution in [0.3, 0.4) is 0 Å². The molecular formula is C16H13N5O2S. The van der Waals surface area contributed by atoms with Gasteiger partial charge in [0.05, 0.1) is 16.8 Å². The molecule has 0 aromatic carbocycles. The molecule has 120 valence electrons. The van der Waals surface area contributed by atoms with E-state index in [1.165, 1.54) is 6.20 Å². The molecule has 0 spiro atoms. The molecule has 0 saturated heterocycles. The Morgan fingerprint density at radius 3 is 2.92 bits per heavy atom. The first-order valence-electron chi connectivity index (χ1n) is 7.26. The highest BCUT2D eigenvalue weighted by atomic mass is 32.1. The lowest BCUT2D eigenvalue weighted by atomic mass is 10.2. The van der Waals surface area contributed by atoms with Gasteiger partial charge in [0.2, 0.25) is 0 Å². The van der Waals surface area contributed by atoms with Crippen LogP contribution in [0.2, 0.25) is 0 Å². The predicted octanol–water partition coefficient (Wildman–Crippen LogP) is 3.31. The van der Waals surface area contributed by atoms with Crippen molar-refractivity contribution in [1.29, 1.82) is 0 Å². The summed E-state index contributed by atoms with van der Waals surface area (Å²) >= 11 is 1.61. The first-order valence-corrected chi connectivity index (χ1v) is 8.14. The minimum Gasteiger partial charge on any atom is -0.359 e. The van der Waals surface area contributed by atoms with Crippen LogP contribution in [-0.4, -0.2) is 25.7 Å². The smallest absolute Gasteiger partial charge is 0.261 e. The second-order valence-electron chi connectivity index (χ2n) is 5.25. The summed E-state index contributed by atoms with van der Waals surface area (Å²) in [4.78, 5) is 18.0. The van der Waals surface area contributed by atoms with E-state index in [4.69, 9.17) is 4.52 Å². The second kappa shape index (κ2) is 5.57. The van der Waals surface area contributed by atoms with Crippen LogP contribution >= 0.6 is 11.3 Å². The minimum atomic E-state index is -0.296. The van der Waals surface area contributed by atoms with Gasteiger partial charge in [0, 0.05) is 6.20 Å². The largest absolute Gasteiger partial charge is 0.359 e. The van der Waals surface area contributed by atoms with E-state index in [-0.39, 0.29) is 5.91 Å². The van der Waals surface area contributed by atoms with Crippen molar-refractivity contribution < 1.29 is 9.32 Å². The zero-order valence-electron chi connectivity index (χ0n) is 13.0. The third-order valence-electron chi connectivity index (χ3n) is 3.69. The van der Waals surface area contributed by atoms with E-state index < -0.39 is 0 Å². The van der Waals surface area contributed by atoms with Crippen LogP contribution in [0.5, 0.6) is 0 Å². The molecule has 0 bridgehead atoms. The van der Waals surface area contributed by atoms with Crippen molar-refractivity contribution in [3.8, 4) is 10.6 Å². The highest BCUT2D eigenvalue weighted by Gasteiger charge is 2.19. The fraction of sp³-hybridized carbons (Fsp3) is 0.125. The second-order valence-corrected chi connectivity index (χ2v) is 6.20. The van der Waals surface area contributed by atoms with Gasteiger partial charge in [-0.1, -0.05) is 11.2 Å². The summed E-state index contributed by atoms with van der Waals surface area (Å²) in [6, 6.07) is 5.85. The molecule has 8 heteroatoms. The number of aryl methyl sites for hydroxylation is 2. The highest BCUT2D eigenvalue weighted by molar-refractivity contribution is 7.13.